The first-order valence-electron chi connectivity index (χ1n) is 5.29. The lowest BCUT2D eigenvalue weighted by Gasteiger charge is -2.08. The number of hydrogen-bond donors (Lipinski definition) is 1. The molecule has 0 amide bonds. The van der Waals surface area contributed by atoms with E-state index in [0.717, 1.165) is 0 Å². The van der Waals surface area contributed by atoms with E-state index in [1.54, 1.807) is 24.4 Å². The number of rotatable bonds is 3. The second kappa shape index (κ2) is 4.46. The molecule has 2 rings (SSSR count). The highest BCUT2D eigenvalue weighted by Crippen LogP contribution is 2.36. The van der Waals surface area contributed by atoms with Gasteiger partial charge in [0.25, 0.3) is 0 Å². The Balaban J connectivity index is 2.58. The third-order valence-electron chi connectivity index (χ3n) is 2.57. The molecular weight excluding hydrogens is 240 g/mol. The average molecular weight is 254 g/mol. The van der Waals surface area contributed by atoms with Gasteiger partial charge in [-0.25, -0.2) is 8.42 Å². The van der Waals surface area contributed by atoms with Crippen LogP contribution in [0.2, 0.25) is 0 Å². The van der Waals surface area contributed by atoms with Crippen molar-refractivity contribution in [3.05, 3.63) is 23.8 Å². The van der Waals surface area contributed by atoms with E-state index >= 15 is 0 Å². The molecule has 6 heteroatoms. The Morgan fingerprint density at radius 1 is 1.53 bits per heavy atom. The number of methoxy groups -OCH3 is 1. The molecule has 0 spiro atoms. The van der Waals surface area contributed by atoms with Crippen molar-refractivity contribution in [2.75, 3.05) is 13.7 Å². The zero-order valence-corrected chi connectivity index (χ0v) is 10.5. The minimum Gasteiger partial charge on any atom is -0.496 e. The summed E-state index contributed by atoms with van der Waals surface area (Å²) in [7, 11) is -1.92. The highest BCUT2D eigenvalue weighted by Gasteiger charge is 2.35. The number of nitrogens with one attached hydrogen (secondary N) is 1. The normalized spacial score (nSPS) is 21.6. The zero-order valence-electron chi connectivity index (χ0n) is 9.67. The number of nitrogens with zero attached hydrogens (tertiary/aromatic N) is 1. The average Bonchev–Trinajstić information content (AvgIpc) is 2.58. The van der Waals surface area contributed by atoms with Crippen LogP contribution in [0.4, 0.5) is 0 Å². The minimum absolute atomic E-state index is 0.268. The Kier molecular flexibility index (Phi) is 3.17. The second-order valence-corrected chi connectivity index (χ2v) is 5.30. The van der Waals surface area contributed by atoms with E-state index in [4.69, 9.17) is 4.74 Å². The largest absolute Gasteiger partial charge is 0.496 e. The molecule has 1 unspecified atom stereocenters. The maximum atomic E-state index is 11.9. The van der Waals surface area contributed by atoms with Gasteiger partial charge in [-0.1, -0.05) is 6.07 Å². The van der Waals surface area contributed by atoms with Crippen LogP contribution in [-0.2, 0) is 10.0 Å². The van der Waals surface area contributed by atoms with E-state index in [2.05, 4.69) is 9.71 Å². The Hall–Kier alpha value is -1.40. The molecule has 1 aromatic rings. The van der Waals surface area contributed by atoms with Crippen LogP contribution in [0.15, 0.2) is 28.1 Å². The van der Waals surface area contributed by atoms with Crippen LogP contribution in [-0.4, -0.2) is 28.3 Å². The maximum absolute atomic E-state index is 11.9. The molecule has 0 aromatic heterocycles. The molecule has 17 heavy (non-hydrogen) atoms. The topological polar surface area (TPSA) is 67.8 Å². The van der Waals surface area contributed by atoms with Gasteiger partial charge < -0.3 is 4.74 Å². The van der Waals surface area contributed by atoms with Crippen molar-refractivity contribution in [2.45, 2.75) is 17.9 Å². The van der Waals surface area contributed by atoms with Crippen molar-refractivity contribution in [3.63, 3.8) is 0 Å². The molecule has 1 N–H and O–H groups in total. The van der Waals surface area contributed by atoms with Crippen LogP contribution in [0.25, 0.3) is 0 Å². The third kappa shape index (κ3) is 2.05. The molecule has 0 saturated heterocycles. The van der Waals surface area contributed by atoms with Crippen LogP contribution >= 0.6 is 0 Å². The Labute approximate surface area is 101 Å². The van der Waals surface area contributed by atoms with Gasteiger partial charge in [0, 0.05) is 18.3 Å². The van der Waals surface area contributed by atoms with Gasteiger partial charge in [-0.2, -0.15) is 4.72 Å². The highest BCUT2D eigenvalue weighted by molar-refractivity contribution is 7.89. The van der Waals surface area contributed by atoms with Gasteiger partial charge in [-0.15, -0.1) is 0 Å². The number of ether oxygens (including phenoxy) is 1. The first-order chi connectivity index (χ1) is 8.10. The van der Waals surface area contributed by atoms with Gasteiger partial charge >= 0.3 is 0 Å². The standard InChI is InChI=1S/C11H14N2O3S/c1-3-12-7-8-11-9(16-2)5-4-6-10(11)17(14,15)13-8/h4-8,13H,3H2,1-2H3. The van der Waals surface area contributed by atoms with E-state index in [0.29, 0.717) is 17.9 Å². The van der Waals surface area contributed by atoms with Crippen molar-refractivity contribution in [3.8, 4) is 5.75 Å². The summed E-state index contributed by atoms with van der Waals surface area (Å²) in [5, 5.41) is 0. The SMILES string of the molecule is CCN=CC1NS(=O)(=O)c2cccc(OC)c21. The predicted octanol–water partition coefficient (Wildman–Crippen LogP) is 1.12. The van der Waals surface area contributed by atoms with E-state index < -0.39 is 16.1 Å². The number of benzene rings is 1. The van der Waals surface area contributed by atoms with Crippen LogP contribution in [0, 0.1) is 0 Å². The Morgan fingerprint density at radius 2 is 2.29 bits per heavy atom. The van der Waals surface area contributed by atoms with Crippen molar-refractivity contribution in [2.24, 2.45) is 4.99 Å². The third-order valence-corrected chi connectivity index (χ3v) is 4.06. The predicted molar refractivity (Wildman–Crippen MR) is 65.1 cm³/mol. The fourth-order valence-corrected chi connectivity index (χ4v) is 3.26. The summed E-state index contributed by atoms with van der Waals surface area (Å²) in [6.45, 7) is 2.51. The van der Waals surface area contributed by atoms with Crippen LogP contribution in [0.5, 0.6) is 5.75 Å². The lowest BCUT2D eigenvalue weighted by Crippen LogP contribution is -2.20. The van der Waals surface area contributed by atoms with Crippen LogP contribution in [0.3, 0.4) is 0 Å². The smallest absolute Gasteiger partial charge is 0.241 e. The molecule has 5 nitrogen and oxygen atoms in total. The van der Waals surface area contributed by atoms with Gasteiger partial charge in [0.15, 0.2) is 0 Å². The summed E-state index contributed by atoms with van der Waals surface area (Å²) in [5.41, 5.74) is 0.632. The summed E-state index contributed by atoms with van der Waals surface area (Å²) < 4.78 is 31.5. The quantitative estimate of drug-likeness (QED) is 0.822. The van der Waals surface area contributed by atoms with Gasteiger partial charge in [0.05, 0.1) is 18.0 Å². The monoisotopic (exact) mass is 254 g/mol. The maximum Gasteiger partial charge on any atom is 0.241 e. The molecule has 1 aliphatic rings. The van der Waals surface area contributed by atoms with Crippen LogP contribution < -0.4 is 9.46 Å². The van der Waals surface area contributed by atoms with Gasteiger partial charge in [0.1, 0.15) is 5.75 Å². The van der Waals surface area contributed by atoms with E-state index in [-0.39, 0.29) is 4.90 Å². The second-order valence-electron chi connectivity index (χ2n) is 3.62. The van der Waals surface area contributed by atoms with Crippen molar-refractivity contribution in [1.82, 2.24) is 4.72 Å². The molecule has 1 aromatic carbocycles. The van der Waals surface area contributed by atoms with E-state index in [9.17, 15) is 8.42 Å². The Morgan fingerprint density at radius 3 is 2.94 bits per heavy atom. The molecule has 0 saturated carbocycles. The molecule has 92 valence electrons. The molecule has 1 heterocycles. The van der Waals surface area contributed by atoms with Gasteiger partial charge in [0.2, 0.25) is 10.0 Å². The van der Waals surface area contributed by atoms with Crippen molar-refractivity contribution in [1.29, 1.82) is 0 Å². The molecule has 0 fully saturated rings. The zero-order chi connectivity index (χ0) is 12.5. The number of sulfonamides is 1. The summed E-state index contributed by atoms with van der Waals surface area (Å²) in [5.74, 6) is 0.559. The fourth-order valence-electron chi connectivity index (χ4n) is 1.85. The number of fused-ring (bicyclic) bond motifs is 1. The lowest BCUT2D eigenvalue weighted by atomic mass is 10.1. The fraction of sp³-hybridized carbons (Fsp3) is 0.364. The summed E-state index contributed by atoms with van der Waals surface area (Å²) in [6.07, 6.45) is 1.60. The molecular formula is C11H14N2O3S. The summed E-state index contributed by atoms with van der Waals surface area (Å²) in [4.78, 5) is 4.35. The molecule has 1 aliphatic heterocycles. The van der Waals surface area contributed by atoms with Gasteiger partial charge in [-0.3, -0.25) is 4.99 Å². The lowest BCUT2D eigenvalue weighted by molar-refractivity contribution is 0.407. The van der Waals surface area contributed by atoms with Crippen LogP contribution in [0.1, 0.15) is 18.5 Å². The molecule has 0 aliphatic carbocycles. The molecule has 1 atom stereocenters. The van der Waals surface area contributed by atoms with Crippen molar-refractivity contribution >= 4 is 16.2 Å². The molecule has 0 bridgehead atoms. The van der Waals surface area contributed by atoms with Crippen molar-refractivity contribution < 1.29 is 13.2 Å². The summed E-state index contributed by atoms with van der Waals surface area (Å²) >= 11 is 0. The number of aliphatic imine (C=N–C) groups is 1. The highest BCUT2D eigenvalue weighted by atomic mass is 32.2. The van der Waals surface area contributed by atoms with E-state index in [1.165, 1.54) is 7.11 Å². The first kappa shape index (κ1) is 12.1. The van der Waals surface area contributed by atoms with Gasteiger partial charge in [-0.05, 0) is 19.1 Å². The summed E-state index contributed by atoms with van der Waals surface area (Å²) in [6, 6.07) is 4.54. The molecule has 0 radical (unpaired) electrons. The minimum atomic E-state index is -3.44. The first-order valence-corrected chi connectivity index (χ1v) is 6.77. The number of hydrogen-bond acceptors (Lipinski definition) is 4. The van der Waals surface area contributed by atoms with E-state index in [1.807, 2.05) is 6.92 Å². The Bertz CT molecular complexity index is 552.